The molecule has 0 radical (unpaired) electrons. The number of aliphatic hydroxyl groups excluding tert-OH is 1. The number of fused-ring (bicyclic) bond motifs is 1. The van der Waals surface area contributed by atoms with Gasteiger partial charge in [-0.2, -0.15) is 0 Å². The van der Waals surface area contributed by atoms with Gasteiger partial charge in [0.15, 0.2) is 5.78 Å². The monoisotopic (exact) mass is 208 g/mol. The Balaban J connectivity index is 2.56. The maximum atomic E-state index is 11.6. The molecule has 0 aromatic rings. The number of carbonyl (C=O) groups is 2. The lowest BCUT2D eigenvalue weighted by Gasteiger charge is -2.33. The Labute approximate surface area is 87.2 Å². The summed E-state index contributed by atoms with van der Waals surface area (Å²) in [5.41, 5.74) is -0.441. The molecule has 0 aromatic heterocycles. The van der Waals surface area contributed by atoms with Crippen LogP contribution in [-0.2, 0) is 14.3 Å². The van der Waals surface area contributed by atoms with Gasteiger partial charge in [0.25, 0.3) is 0 Å². The second kappa shape index (κ2) is 3.03. The van der Waals surface area contributed by atoms with Gasteiger partial charge in [0.05, 0.1) is 0 Å². The van der Waals surface area contributed by atoms with E-state index in [1.54, 1.807) is 6.92 Å². The van der Waals surface area contributed by atoms with E-state index < -0.39 is 11.5 Å². The van der Waals surface area contributed by atoms with Gasteiger partial charge in [-0.1, -0.05) is 0 Å². The summed E-state index contributed by atoms with van der Waals surface area (Å²) in [6.07, 6.45) is 2.86. The summed E-state index contributed by atoms with van der Waals surface area (Å²) in [5.74, 6) is -1.22. The lowest BCUT2D eigenvalue weighted by atomic mass is 9.74. The fourth-order valence-electron chi connectivity index (χ4n) is 2.28. The first kappa shape index (κ1) is 10.1. The number of allylic oxidation sites excluding steroid dienone is 1. The fraction of sp³-hybridized carbons (Fsp3) is 0.455. The van der Waals surface area contributed by atoms with Crippen molar-refractivity contribution in [1.82, 2.24) is 0 Å². The lowest BCUT2D eigenvalue weighted by molar-refractivity contribution is -0.139. The highest BCUT2D eigenvalue weighted by Crippen LogP contribution is 2.41. The molecule has 2 atom stereocenters. The van der Waals surface area contributed by atoms with Crippen molar-refractivity contribution < 1.29 is 19.4 Å². The van der Waals surface area contributed by atoms with Crippen LogP contribution in [0.3, 0.4) is 0 Å². The van der Waals surface area contributed by atoms with Gasteiger partial charge < -0.3 is 9.84 Å². The smallest absolute Gasteiger partial charge is 0.169 e. The average molecular weight is 208 g/mol. The van der Waals surface area contributed by atoms with Crippen molar-refractivity contribution in [2.24, 2.45) is 5.92 Å². The second-order valence-corrected chi connectivity index (χ2v) is 4.04. The van der Waals surface area contributed by atoms with Crippen LogP contribution in [-0.4, -0.2) is 28.9 Å². The third kappa shape index (κ3) is 1.25. The normalized spacial score (nSPS) is 34.5. The molecular weight excluding hydrogens is 196 g/mol. The van der Waals surface area contributed by atoms with E-state index in [0.717, 1.165) is 0 Å². The average Bonchev–Trinajstić information content (AvgIpc) is 2.41. The van der Waals surface area contributed by atoms with Crippen LogP contribution in [0, 0.1) is 5.92 Å². The predicted molar refractivity (Wildman–Crippen MR) is 52.3 cm³/mol. The highest BCUT2D eigenvalue weighted by atomic mass is 16.5. The molecule has 1 N–H and O–H groups in total. The van der Waals surface area contributed by atoms with Gasteiger partial charge in [-0.3, -0.25) is 9.59 Å². The fourth-order valence-corrected chi connectivity index (χ4v) is 2.28. The highest BCUT2D eigenvalue weighted by Gasteiger charge is 2.50. The van der Waals surface area contributed by atoms with Crippen molar-refractivity contribution >= 4 is 11.6 Å². The molecule has 1 heterocycles. The highest BCUT2D eigenvalue weighted by molar-refractivity contribution is 6.09. The van der Waals surface area contributed by atoms with Crippen molar-refractivity contribution in [2.75, 3.05) is 6.61 Å². The molecule has 0 spiro atoms. The van der Waals surface area contributed by atoms with E-state index in [2.05, 4.69) is 0 Å². The zero-order valence-corrected chi connectivity index (χ0v) is 8.61. The molecule has 4 nitrogen and oxygen atoms in total. The van der Waals surface area contributed by atoms with Crippen molar-refractivity contribution in [3.63, 3.8) is 0 Å². The Bertz CT molecular complexity index is 405. The Kier molecular flexibility index (Phi) is 2.04. The Hall–Kier alpha value is -1.42. The summed E-state index contributed by atoms with van der Waals surface area (Å²) in [5, 5.41) is 9.56. The molecular formula is C11H12O4. The molecule has 1 aliphatic carbocycles. The van der Waals surface area contributed by atoms with E-state index in [9.17, 15) is 14.7 Å². The second-order valence-electron chi connectivity index (χ2n) is 4.04. The predicted octanol–water partition coefficient (Wildman–Crippen LogP) is 0.931. The number of ether oxygens (including phenoxy) is 1. The number of ketones is 2. The van der Waals surface area contributed by atoms with E-state index in [1.807, 2.05) is 0 Å². The van der Waals surface area contributed by atoms with Crippen LogP contribution in [0.4, 0.5) is 0 Å². The SMILES string of the molecule is CC(=O)C1C(=O)C=CC2=C(O)COC21C. The zero-order valence-electron chi connectivity index (χ0n) is 8.61. The van der Waals surface area contributed by atoms with Crippen LogP contribution in [0.5, 0.6) is 0 Å². The summed E-state index contributed by atoms with van der Waals surface area (Å²) in [7, 11) is 0. The first-order chi connectivity index (χ1) is 6.97. The molecule has 2 unspecified atom stereocenters. The third-order valence-electron chi connectivity index (χ3n) is 3.01. The summed E-state index contributed by atoms with van der Waals surface area (Å²) in [6, 6.07) is 0. The van der Waals surface area contributed by atoms with Crippen LogP contribution in [0.15, 0.2) is 23.5 Å². The van der Waals surface area contributed by atoms with Crippen molar-refractivity contribution in [1.29, 1.82) is 0 Å². The minimum Gasteiger partial charge on any atom is -0.509 e. The summed E-state index contributed by atoms with van der Waals surface area (Å²) in [6.45, 7) is 3.09. The molecule has 2 aliphatic rings. The molecule has 0 fully saturated rings. The van der Waals surface area contributed by atoms with Gasteiger partial charge >= 0.3 is 0 Å². The molecule has 4 heteroatoms. The van der Waals surface area contributed by atoms with Crippen LogP contribution in [0.25, 0.3) is 0 Å². The summed E-state index contributed by atoms with van der Waals surface area (Å²) < 4.78 is 5.38. The first-order valence-corrected chi connectivity index (χ1v) is 4.75. The van der Waals surface area contributed by atoms with E-state index in [0.29, 0.717) is 5.57 Å². The number of rotatable bonds is 1. The van der Waals surface area contributed by atoms with E-state index >= 15 is 0 Å². The van der Waals surface area contributed by atoms with Gasteiger partial charge in [0, 0.05) is 5.57 Å². The molecule has 0 aromatic carbocycles. The Morgan fingerprint density at radius 2 is 2.27 bits per heavy atom. The number of Topliss-reactive ketones (excluding diaryl/α,β-unsaturated/α-hetero) is 1. The number of hydrogen-bond acceptors (Lipinski definition) is 4. The molecule has 0 saturated carbocycles. The van der Waals surface area contributed by atoms with Crippen molar-refractivity contribution in [2.45, 2.75) is 19.4 Å². The molecule has 0 bridgehead atoms. The van der Waals surface area contributed by atoms with Gasteiger partial charge in [-0.25, -0.2) is 0 Å². The maximum Gasteiger partial charge on any atom is 0.169 e. The van der Waals surface area contributed by atoms with Gasteiger partial charge in [-0.05, 0) is 26.0 Å². The van der Waals surface area contributed by atoms with Gasteiger partial charge in [0.2, 0.25) is 0 Å². The Morgan fingerprint density at radius 1 is 1.60 bits per heavy atom. The van der Waals surface area contributed by atoms with Crippen molar-refractivity contribution in [3.05, 3.63) is 23.5 Å². The van der Waals surface area contributed by atoms with Crippen LogP contribution in [0.1, 0.15) is 13.8 Å². The molecule has 2 rings (SSSR count). The Morgan fingerprint density at radius 3 is 2.87 bits per heavy atom. The summed E-state index contributed by atoms with van der Waals surface area (Å²) >= 11 is 0. The number of aliphatic hydroxyl groups is 1. The van der Waals surface area contributed by atoms with E-state index in [4.69, 9.17) is 4.74 Å². The van der Waals surface area contributed by atoms with Gasteiger partial charge in [0.1, 0.15) is 29.7 Å². The van der Waals surface area contributed by atoms with E-state index in [-0.39, 0.29) is 23.9 Å². The van der Waals surface area contributed by atoms with Crippen LogP contribution in [0.2, 0.25) is 0 Å². The third-order valence-corrected chi connectivity index (χ3v) is 3.01. The molecule has 0 saturated heterocycles. The topological polar surface area (TPSA) is 63.6 Å². The molecule has 80 valence electrons. The van der Waals surface area contributed by atoms with Crippen LogP contribution >= 0.6 is 0 Å². The molecule has 1 aliphatic heterocycles. The minimum absolute atomic E-state index is 0.0627. The first-order valence-electron chi connectivity index (χ1n) is 4.75. The van der Waals surface area contributed by atoms with Crippen molar-refractivity contribution in [3.8, 4) is 0 Å². The number of hydrogen-bond donors (Lipinski definition) is 1. The maximum absolute atomic E-state index is 11.6. The summed E-state index contributed by atoms with van der Waals surface area (Å²) in [4.78, 5) is 23.0. The number of carbonyl (C=O) groups excluding carboxylic acids is 2. The molecule has 15 heavy (non-hydrogen) atoms. The quantitative estimate of drug-likeness (QED) is 0.651. The van der Waals surface area contributed by atoms with Gasteiger partial charge in [-0.15, -0.1) is 0 Å². The standard InChI is InChI=1S/C11H12O4/c1-6(12)10-8(13)4-3-7-9(14)5-15-11(7,10)2/h3-4,10,14H,5H2,1-2H3. The minimum atomic E-state index is -0.984. The van der Waals surface area contributed by atoms with Crippen LogP contribution < -0.4 is 0 Å². The lowest BCUT2D eigenvalue weighted by Crippen LogP contribution is -2.46. The largest absolute Gasteiger partial charge is 0.509 e. The van der Waals surface area contributed by atoms with E-state index in [1.165, 1.54) is 19.1 Å². The molecule has 0 amide bonds. The zero-order chi connectivity index (χ0) is 11.2.